The molecule has 1 fully saturated rings. The van der Waals surface area contributed by atoms with Crippen LogP contribution in [0.1, 0.15) is 37.9 Å². The molecule has 1 aromatic carbocycles. The molecule has 1 unspecified atom stereocenters. The number of rotatable bonds is 3. The van der Waals surface area contributed by atoms with Gasteiger partial charge in [-0.15, -0.1) is 0 Å². The van der Waals surface area contributed by atoms with E-state index in [1.165, 1.54) is 0 Å². The Bertz CT molecular complexity index is 923. The number of nitrogens with zero attached hydrogens (tertiary/aromatic N) is 3. The molecular formula is C22H27N3O2. The topological polar surface area (TPSA) is 55.2 Å². The Kier molecular flexibility index (Phi) is 5.10. The number of benzene rings is 1. The molecule has 1 aromatic heterocycles. The largest absolute Gasteiger partial charge is 0.342 e. The number of aromatic nitrogens is 2. The third kappa shape index (κ3) is 3.68. The van der Waals surface area contributed by atoms with E-state index < -0.39 is 0 Å². The Morgan fingerprint density at radius 1 is 1.15 bits per heavy atom. The Labute approximate surface area is 159 Å². The maximum Gasteiger partial charge on any atom is 0.261 e. The zero-order valence-electron chi connectivity index (χ0n) is 15.9. The van der Waals surface area contributed by atoms with Crippen LogP contribution in [0, 0.1) is 18.8 Å². The van der Waals surface area contributed by atoms with Crippen molar-refractivity contribution in [2.75, 3.05) is 13.1 Å². The third-order valence-electron chi connectivity index (χ3n) is 6.04. The molecule has 1 aliphatic heterocycles. The van der Waals surface area contributed by atoms with Crippen LogP contribution >= 0.6 is 0 Å². The number of hydrogen-bond donors (Lipinski definition) is 0. The van der Waals surface area contributed by atoms with E-state index in [-0.39, 0.29) is 11.5 Å². The number of aryl methyl sites for hydroxylation is 1. The van der Waals surface area contributed by atoms with Crippen molar-refractivity contribution in [3.63, 3.8) is 0 Å². The normalized spacial score (nSPS) is 20.9. The molecule has 1 atom stereocenters. The molecule has 27 heavy (non-hydrogen) atoms. The minimum atomic E-state index is 0.0469. The van der Waals surface area contributed by atoms with Crippen LogP contribution in [0.4, 0.5) is 0 Å². The molecule has 0 spiro atoms. The fraction of sp³-hybridized carbons (Fsp3) is 0.500. The van der Waals surface area contributed by atoms with Crippen molar-refractivity contribution in [1.29, 1.82) is 0 Å². The summed E-state index contributed by atoms with van der Waals surface area (Å²) in [4.78, 5) is 32.2. The molecule has 2 aromatic rings. The molecule has 2 aliphatic rings. The highest BCUT2D eigenvalue weighted by molar-refractivity contribution is 5.79. The third-order valence-corrected chi connectivity index (χ3v) is 6.04. The fourth-order valence-electron chi connectivity index (χ4n) is 4.36. The van der Waals surface area contributed by atoms with E-state index in [4.69, 9.17) is 0 Å². The van der Waals surface area contributed by atoms with Crippen LogP contribution in [0.3, 0.4) is 0 Å². The lowest BCUT2D eigenvalue weighted by Crippen LogP contribution is -2.43. The van der Waals surface area contributed by atoms with Gasteiger partial charge in [0.2, 0.25) is 5.91 Å². The summed E-state index contributed by atoms with van der Waals surface area (Å²) in [5.41, 5.74) is 0.809. The molecule has 5 nitrogen and oxygen atoms in total. The van der Waals surface area contributed by atoms with Crippen LogP contribution in [0.25, 0.3) is 10.9 Å². The summed E-state index contributed by atoms with van der Waals surface area (Å²) in [6.45, 7) is 4.21. The highest BCUT2D eigenvalue weighted by Crippen LogP contribution is 2.25. The van der Waals surface area contributed by atoms with Crippen LogP contribution in [0.2, 0.25) is 0 Å². The van der Waals surface area contributed by atoms with E-state index in [0.29, 0.717) is 23.8 Å². The van der Waals surface area contributed by atoms with Gasteiger partial charge in [0.1, 0.15) is 5.82 Å². The molecule has 1 saturated heterocycles. The van der Waals surface area contributed by atoms with Crippen molar-refractivity contribution in [3.8, 4) is 0 Å². The van der Waals surface area contributed by atoms with E-state index in [9.17, 15) is 9.59 Å². The first-order valence-electron chi connectivity index (χ1n) is 10.0. The van der Waals surface area contributed by atoms with Crippen LogP contribution in [-0.4, -0.2) is 33.4 Å². The first kappa shape index (κ1) is 18.0. The highest BCUT2D eigenvalue weighted by atomic mass is 16.2. The molecule has 4 rings (SSSR count). The molecule has 0 bridgehead atoms. The van der Waals surface area contributed by atoms with Gasteiger partial charge in [-0.2, -0.15) is 0 Å². The van der Waals surface area contributed by atoms with Crippen molar-refractivity contribution in [2.24, 2.45) is 11.8 Å². The number of likely N-dealkylation sites (tertiary alicyclic amines) is 1. The number of para-hydroxylation sites is 1. The number of piperidine rings is 1. The van der Waals surface area contributed by atoms with Gasteiger partial charge in [0.25, 0.3) is 5.56 Å². The van der Waals surface area contributed by atoms with Crippen LogP contribution in [0.15, 0.2) is 41.2 Å². The summed E-state index contributed by atoms with van der Waals surface area (Å²) in [6, 6.07) is 7.53. The lowest BCUT2D eigenvalue weighted by molar-refractivity contribution is -0.137. The van der Waals surface area contributed by atoms with E-state index in [2.05, 4.69) is 17.1 Å². The number of amides is 1. The predicted molar refractivity (Wildman–Crippen MR) is 107 cm³/mol. The van der Waals surface area contributed by atoms with Gasteiger partial charge < -0.3 is 4.90 Å². The summed E-state index contributed by atoms with van der Waals surface area (Å²) in [5.74, 6) is 1.67. The molecule has 5 heteroatoms. The minimum Gasteiger partial charge on any atom is -0.342 e. The smallest absolute Gasteiger partial charge is 0.261 e. The van der Waals surface area contributed by atoms with E-state index in [0.717, 1.165) is 56.5 Å². The lowest BCUT2D eigenvalue weighted by Gasteiger charge is -2.35. The molecule has 2 heterocycles. The maximum absolute atomic E-state index is 12.9. The zero-order valence-corrected chi connectivity index (χ0v) is 15.9. The molecular weight excluding hydrogens is 338 g/mol. The average Bonchev–Trinajstić information content (AvgIpc) is 2.72. The molecule has 0 radical (unpaired) electrons. The Balaban J connectivity index is 1.42. The van der Waals surface area contributed by atoms with E-state index in [1.807, 2.05) is 40.7 Å². The number of hydrogen-bond acceptors (Lipinski definition) is 3. The molecule has 142 valence electrons. The summed E-state index contributed by atoms with van der Waals surface area (Å²) in [6.07, 6.45) is 9.10. The second kappa shape index (κ2) is 7.67. The summed E-state index contributed by atoms with van der Waals surface area (Å²) in [5, 5.41) is 0.682. The van der Waals surface area contributed by atoms with Crippen molar-refractivity contribution >= 4 is 16.8 Å². The van der Waals surface area contributed by atoms with Gasteiger partial charge in [0.15, 0.2) is 0 Å². The van der Waals surface area contributed by atoms with Crippen molar-refractivity contribution in [1.82, 2.24) is 14.5 Å². The van der Waals surface area contributed by atoms with Gasteiger partial charge in [0.05, 0.1) is 10.9 Å². The Morgan fingerprint density at radius 3 is 2.67 bits per heavy atom. The molecule has 0 N–H and O–H groups in total. The van der Waals surface area contributed by atoms with Gasteiger partial charge >= 0.3 is 0 Å². The van der Waals surface area contributed by atoms with Crippen molar-refractivity contribution < 1.29 is 4.79 Å². The first-order valence-corrected chi connectivity index (χ1v) is 10.0. The Morgan fingerprint density at radius 2 is 1.93 bits per heavy atom. The Hall–Kier alpha value is -2.43. The zero-order chi connectivity index (χ0) is 18.8. The standard InChI is InChI=1S/C22H27N3O2/c1-16-23-20-10-6-5-9-19(20)22(27)25(16)15-17-11-13-24(14-12-17)21(26)18-7-3-2-4-8-18/h2-3,5-6,9-10,17-18H,4,7-8,11-15H2,1H3. The predicted octanol–water partition coefficient (Wildman–Crippen LogP) is 3.30. The first-order chi connectivity index (χ1) is 13.1. The van der Waals surface area contributed by atoms with Crippen LogP contribution in [0.5, 0.6) is 0 Å². The summed E-state index contributed by atoms with van der Waals surface area (Å²) in [7, 11) is 0. The number of allylic oxidation sites excluding steroid dienone is 2. The second-order valence-corrected chi connectivity index (χ2v) is 7.84. The maximum atomic E-state index is 12.9. The van der Waals surface area contributed by atoms with E-state index in [1.54, 1.807) is 0 Å². The molecule has 1 aliphatic carbocycles. The van der Waals surface area contributed by atoms with Gasteiger partial charge in [-0.25, -0.2) is 4.98 Å². The lowest BCUT2D eigenvalue weighted by atomic mass is 9.90. The molecule has 0 saturated carbocycles. The average molecular weight is 365 g/mol. The highest BCUT2D eigenvalue weighted by Gasteiger charge is 2.28. The SMILES string of the molecule is Cc1nc2ccccc2c(=O)n1CC1CCN(C(=O)C2CC=CCC2)CC1. The summed E-state index contributed by atoms with van der Waals surface area (Å²) < 4.78 is 1.82. The van der Waals surface area contributed by atoms with Crippen LogP contribution in [-0.2, 0) is 11.3 Å². The van der Waals surface area contributed by atoms with Crippen molar-refractivity contribution in [3.05, 3.63) is 52.6 Å². The van der Waals surface area contributed by atoms with E-state index >= 15 is 0 Å². The number of carbonyl (C=O) groups excluding carboxylic acids is 1. The fourth-order valence-corrected chi connectivity index (χ4v) is 4.36. The van der Waals surface area contributed by atoms with Crippen LogP contribution < -0.4 is 5.56 Å². The number of carbonyl (C=O) groups is 1. The minimum absolute atomic E-state index is 0.0469. The quantitative estimate of drug-likeness (QED) is 0.784. The summed E-state index contributed by atoms with van der Waals surface area (Å²) >= 11 is 0. The monoisotopic (exact) mass is 365 g/mol. The second-order valence-electron chi connectivity index (χ2n) is 7.84. The van der Waals surface area contributed by atoms with Crippen molar-refractivity contribution in [2.45, 2.75) is 45.6 Å². The van der Waals surface area contributed by atoms with Gasteiger partial charge in [0, 0.05) is 25.6 Å². The molecule has 1 amide bonds. The number of fused-ring (bicyclic) bond motifs is 1. The van der Waals surface area contributed by atoms with Gasteiger partial charge in [-0.3, -0.25) is 14.2 Å². The van der Waals surface area contributed by atoms with Gasteiger partial charge in [-0.05, 0) is 57.1 Å². The van der Waals surface area contributed by atoms with Gasteiger partial charge in [-0.1, -0.05) is 24.3 Å².